The van der Waals surface area contributed by atoms with Gasteiger partial charge in [0.25, 0.3) is 0 Å². The quantitative estimate of drug-likeness (QED) is 0.823. The van der Waals surface area contributed by atoms with Gasteiger partial charge in [-0.15, -0.1) is 0 Å². The second kappa shape index (κ2) is 4.34. The minimum atomic E-state index is 0.128. The third-order valence-corrected chi connectivity index (χ3v) is 5.13. The number of rotatable bonds is 1. The summed E-state index contributed by atoms with van der Waals surface area (Å²) < 4.78 is 0. The lowest BCUT2D eigenvalue weighted by atomic mass is 10.00. The zero-order chi connectivity index (χ0) is 12.8. The summed E-state index contributed by atoms with van der Waals surface area (Å²) in [6.07, 6.45) is 2.07. The van der Waals surface area contributed by atoms with Crippen LogP contribution < -0.4 is 5.32 Å². The molecule has 2 fully saturated rings. The van der Waals surface area contributed by atoms with Gasteiger partial charge in [-0.25, -0.2) is 0 Å². The van der Waals surface area contributed by atoms with E-state index in [9.17, 15) is 4.79 Å². The Balaban J connectivity index is 1.53. The number of hydrogen-bond acceptors (Lipinski definition) is 2. The van der Waals surface area contributed by atoms with E-state index in [1.807, 2.05) is 0 Å². The summed E-state index contributed by atoms with van der Waals surface area (Å²) >= 11 is 0. The van der Waals surface area contributed by atoms with Gasteiger partial charge < -0.3 is 10.2 Å². The summed E-state index contributed by atoms with van der Waals surface area (Å²) in [7, 11) is 0. The molecule has 19 heavy (non-hydrogen) atoms. The van der Waals surface area contributed by atoms with E-state index in [4.69, 9.17) is 0 Å². The van der Waals surface area contributed by atoms with Crippen LogP contribution >= 0.6 is 0 Å². The van der Waals surface area contributed by atoms with E-state index in [1.54, 1.807) is 0 Å². The van der Waals surface area contributed by atoms with E-state index < -0.39 is 0 Å². The highest BCUT2D eigenvalue weighted by Gasteiger charge is 2.41. The Kier molecular flexibility index (Phi) is 2.62. The first-order valence-electron chi connectivity index (χ1n) is 7.40. The predicted octanol–water partition coefficient (Wildman–Crippen LogP) is 1.39. The minimum absolute atomic E-state index is 0.128. The second-order valence-electron chi connectivity index (χ2n) is 6.21. The Morgan fingerprint density at radius 1 is 1.16 bits per heavy atom. The molecule has 0 bridgehead atoms. The number of aryl methyl sites for hydroxylation is 1. The SMILES string of the molecule is O=C([C@H]1CCc2ccccc21)N1C[C@H]2CNC[C@H]2C1. The van der Waals surface area contributed by atoms with E-state index in [1.165, 1.54) is 11.1 Å². The van der Waals surface area contributed by atoms with Crippen LogP contribution in [-0.2, 0) is 11.2 Å². The Morgan fingerprint density at radius 2 is 1.89 bits per heavy atom. The Hall–Kier alpha value is -1.35. The van der Waals surface area contributed by atoms with Crippen molar-refractivity contribution >= 4 is 5.91 Å². The summed E-state index contributed by atoms with van der Waals surface area (Å²) in [4.78, 5) is 14.9. The van der Waals surface area contributed by atoms with Gasteiger partial charge in [-0.05, 0) is 35.8 Å². The predicted molar refractivity (Wildman–Crippen MR) is 73.9 cm³/mol. The molecule has 2 heterocycles. The van der Waals surface area contributed by atoms with E-state index in [2.05, 4.69) is 34.5 Å². The highest BCUT2D eigenvalue weighted by atomic mass is 16.2. The van der Waals surface area contributed by atoms with Crippen LogP contribution in [0.15, 0.2) is 24.3 Å². The number of benzene rings is 1. The molecule has 3 nitrogen and oxygen atoms in total. The molecule has 1 aromatic rings. The molecular formula is C16H20N2O. The first-order chi connectivity index (χ1) is 9.33. The maximum absolute atomic E-state index is 12.7. The third kappa shape index (κ3) is 1.79. The number of nitrogens with one attached hydrogen (secondary N) is 1. The number of fused-ring (bicyclic) bond motifs is 2. The number of likely N-dealkylation sites (tertiary alicyclic amines) is 1. The number of nitrogens with zero attached hydrogens (tertiary/aromatic N) is 1. The van der Waals surface area contributed by atoms with Crippen LogP contribution in [0.2, 0.25) is 0 Å². The van der Waals surface area contributed by atoms with E-state index in [0.29, 0.717) is 17.7 Å². The summed E-state index contributed by atoms with van der Waals surface area (Å²) in [6.45, 7) is 4.12. The van der Waals surface area contributed by atoms with Crippen molar-refractivity contribution in [3.05, 3.63) is 35.4 Å². The maximum atomic E-state index is 12.7. The molecule has 1 aliphatic carbocycles. The number of carbonyl (C=O) groups excluding carboxylic acids is 1. The molecule has 3 heteroatoms. The first-order valence-corrected chi connectivity index (χ1v) is 7.40. The molecular weight excluding hydrogens is 236 g/mol. The van der Waals surface area contributed by atoms with Crippen molar-refractivity contribution in [2.24, 2.45) is 11.8 Å². The van der Waals surface area contributed by atoms with E-state index in [0.717, 1.165) is 39.0 Å². The topological polar surface area (TPSA) is 32.3 Å². The molecule has 4 rings (SSSR count). The minimum Gasteiger partial charge on any atom is -0.341 e. The molecule has 1 aromatic carbocycles. The van der Waals surface area contributed by atoms with Crippen LogP contribution in [0.25, 0.3) is 0 Å². The lowest BCUT2D eigenvalue weighted by Gasteiger charge is -2.22. The molecule has 0 unspecified atom stereocenters. The monoisotopic (exact) mass is 256 g/mol. The molecule has 0 radical (unpaired) electrons. The van der Waals surface area contributed by atoms with Gasteiger partial charge in [0.2, 0.25) is 5.91 Å². The highest BCUT2D eigenvalue weighted by Crippen LogP contribution is 2.36. The van der Waals surface area contributed by atoms with Crippen LogP contribution in [0.4, 0.5) is 0 Å². The zero-order valence-corrected chi connectivity index (χ0v) is 11.1. The molecule has 1 amide bonds. The van der Waals surface area contributed by atoms with Gasteiger partial charge in [-0.1, -0.05) is 24.3 Å². The molecule has 1 N–H and O–H groups in total. The molecule has 2 saturated heterocycles. The van der Waals surface area contributed by atoms with Gasteiger partial charge in [0, 0.05) is 26.2 Å². The average molecular weight is 256 g/mol. The van der Waals surface area contributed by atoms with Gasteiger partial charge in [0.05, 0.1) is 5.92 Å². The van der Waals surface area contributed by atoms with Gasteiger partial charge in [-0.2, -0.15) is 0 Å². The number of carbonyl (C=O) groups is 1. The van der Waals surface area contributed by atoms with Crippen LogP contribution in [0.1, 0.15) is 23.5 Å². The Labute approximate surface area is 114 Å². The summed E-state index contributed by atoms with van der Waals surface area (Å²) in [5, 5.41) is 3.43. The van der Waals surface area contributed by atoms with Crippen molar-refractivity contribution < 1.29 is 4.79 Å². The molecule has 0 saturated carbocycles. The molecule has 0 spiro atoms. The van der Waals surface area contributed by atoms with Crippen molar-refractivity contribution in [1.82, 2.24) is 10.2 Å². The Bertz CT molecular complexity index is 501. The largest absolute Gasteiger partial charge is 0.341 e. The molecule has 100 valence electrons. The van der Waals surface area contributed by atoms with E-state index in [-0.39, 0.29) is 5.92 Å². The van der Waals surface area contributed by atoms with Crippen molar-refractivity contribution in [3.8, 4) is 0 Å². The fourth-order valence-corrected chi connectivity index (χ4v) is 4.07. The van der Waals surface area contributed by atoms with Gasteiger partial charge in [0.15, 0.2) is 0 Å². The summed E-state index contributed by atoms with van der Waals surface area (Å²) in [6, 6.07) is 8.46. The summed E-state index contributed by atoms with van der Waals surface area (Å²) in [5.41, 5.74) is 2.66. The summed E-state index contributed by atoms with van der Waals surface area (Å²) in [5.74, 6) is 1.89. The third-order valence-electron chi connectivity index (χ3n) is 5.13. The van der Waals surface area contributed by atoms with Crippen molar-refractivity contribution in [3.63, 3.8) is 0 Å². The molecule has 0 aromatic heterocycles. The molecule has 2 aliphatic heterocycles. The normalized spacial score (nSPS) is 32.4. The van der Waals surface area contributed by atoms with Gasteiger partial charge in [-0.3, -0.25) is 4.79 Å². The van der Waals surface area contributed by atoms with Crippen LogP contribution in [-0.4, -0.2) is 37.0 Å². The second-order valence-corrected chi connectivity index (χ2v) is 6.21. The number of hydrogen-bond donors (Lipinski definition) is 1. The smallest absolute Gasteiger partial charge is 0.230 e. The zero-order valence-electron chi connectivity index (χ0n) is 11.1. The van der Waals surface area contributed by atoms with Crippen LogP contribution in [0, 0.1) is 11.8 Å². The van der Waals surface area contributed by atoms with Crippen molar-refractivity contribution in [2.45, 2.75) is 18.8 Å². The van der Waals surface area contributed by atoms with Crippen LogP contribution in [0.3, 0.4) is 0 Å². The van der Waals surface area contributed by atoms with Crippen molar-refractivity contribution in [2.75, 3.05) is 26.2 Å². The van der Waals surface area contributed by atoms with Crippen LogP contribution in [0.5, 0.6) is 0 Å². The van der Waals surface area contributed by atoms with Gasteiger partial charge in [0.1, 0.15) is 0 Å². The standard InChI is InChI=1S/C16H20N2O/c19-16(18-9-12-7-17-8-13(12)10-18)15-6-5-11-3-1-2-4-14(11)15/h1-4,12-13,15,17H,5-10H2/t12-,13+,15-/m0/s1. The lowest BCUT2D eigenvalue weighted by molar-refractivity contribution is -0.132. The fraction of sp³-hybridized carbons (Fsp3) is 0.562. The molecule has 3 atom stereocenters. The average Bonchev–Trinajstić information content (AvgIpc) is 3.11. The first kappa shape index (κ1) is 11.5. The fourth-order valence-electron chi connectivity index (χ4n) is 4.07. The maximum Gasteiger partial charge on any atom is 0.230 e. The number of amides is 1. The lowest BCUT2D eigenvalue weighted by Crippen LogP contribution is -2.35. The molecule has 3 aliphatic rings. The van der Waals surface area contributed by atoms with Gasteiger partial charge >= 0.3 is 0 Å². The van der Waals surface area contributed by atoms with E-state index >= 15 is 0 Å². The van der Waals surface area contributed by atoms with Crippen molar-refractivity contribution in [1.29, 1.82) is 0 Å². The highest BCUT2D eigenvalue weighted by molar-refractivity contribution is 5.85. The Morgan fingerprint density at radius 3 is 2.68 bits per heavy atom.